The summed E-state index contributed by atoms with van der Waals surface area (Å²) in [6.45, 7) is 0.367. The predicted molar refractivity (Wildman–Crippen MR) is 103 cm³/mol. The highest BCUT2D eigenvalue weighted by Gasteiger charge is 2.49. The molecule has 2 aliphatic rings. The number of hydrogen-bond donors (Lipinski definition) is 1. The Morgan fingerprint density at radius 3 is 2.89 bits per heavy atom. The minimum absolute atomic E-state index is 0.127. The van der Waals surface area contributed by atoms with Crippen LogP contribution >= 0.6 is 22.6 Å². The number of aromatic nitrogens is 3. The molecule has 9 nitrogen and oxygen atoms in total. The van der Waals surface area contributed by atoms with Crippen LogP contribution in [-0.4, -0.2) is 36.7 Å². The number of carbonyl (C=O) groups is 1. The second-order valence-corrected chi connectivity index (χ2v) is 7.87. The molecule has 2 aromatic heterocycles. The van der Waals surface area contributed by atoms with Crippen LogP contribution < -0.4 is 5.69 Å². The van der Waals surface area contributed by atoms with Crippen LogP contribution in [-0.2, 0) is 0 Å². The van der Waals surface area contributed by atoms with Gasteiger partial charge >= 0.3 is 5.69 Å². The Hall–Kier alpha value is -3.07. The van der Waals surface area contributed by atoms with E-state index >= 15 is 0 Å². The van der Waals surface area contributed by atoms with E-state index in [0.717, 1.165) is 0 Å². The van der Waals surface area contributed by atoms with Gasteiger partial charge in [0.1, 0.15) is 11.8 Å². The molecular weight excluding hydrogens is 477 g/mol. The lowest BCUT2D eigenvalue weighted by Crippen LogP contribution is -2.37. The SMILES string of the molecule is N#Cc1ccc(-n2c(O)c3n(c2=O)[C@H]2C[C@@H]3N(C(=O)c3ccno3)C2)cc1I. The fraction of sp³-hybridized carbons (Fsp3) is 0.222. The fourth-order valence-electron chi connectivity index (χ4n) is 4.10. The largest absolute Gasteiger partial charge is 0.493 e. The number of likely N-dealkylation sites (tertiary alicyclic amines) is 1. The summed E-state index contributed by atoms with van der Waals surface area (Å²) in [4.78, 5) is 27.3. The molecule has 28 heavy (non-hydrogen) atoms. The number of rotatable bonds is 2. The number of amides is 1. The van der Waals surface area contributed by atoms with Crippen LogP contribution in [0.1, 0.15) is 40.3 Å². The van der Waals surface area contributed by atoms with Gasteiger partial charge in [0.2, 0.25) is 11.6 Å². The number of carbonyl (C=O) groups excluding carboxylic acids is 1. The topological polar surface area (TPSA) is 117 Å². The van der Waals surface area contributed by atoms with Crippen molar-refractivity contribution in [1.82, 2.24) is 19.2 Å². The normalized spacial score (nSPS) is 19.6. The standard InChI is InChI=1S/C18H12IN5O4/c19-12-5-10(2-1-9(12)7-20)24-17(26)15-13-6-11(23(15)18(24)27)8-22(13)16(25)14-3-4-21-28-14/h1-5,11,13,26H,6,8H2/t11-,13-/m0/s1. The summed E-state index contributed by atoms with van der Waals surface area (Å²) < 4.78 is 8.43. The number of aromatic hydroxyl groups is 1. The number of nitrogens with zero attached hydrogens (tertiary/aromatic N) is 5. The van der Waals surface area contributed by atoms with Crippen molar-refractivity contribution in [2.45, 2.75) is 18.5 Å². The zero-order valence-corrected chi connectivity index (χ0v) is 16.4. The smallest absolute Gasteiger partial charge is 0.336 e. The Morgan fingerprint density at radius 1 is 1.39 bits per heavy atom. The zero-order chi connectivity index (χ0) is 19.6. The van der Waals surface area contributed by atoms with Gasteiger partial charge < -0.3 is 14.5 Å². The van der Waals surface area contributed by atoms with Crippen LogP contribution in [0.25, 0.3) is 5.69 Å². The molecule has 3 aromatic rings. The maximum absolute atomic E-state index is 13.0. The van der Waals surface area contributed by atoms with Crippen LogP contribution in [0.4, 0.5) is 0 Å². The van der Waals surface area contributed by atoms with Gasteiger partial charge in [0.25, 0.3) is 5.91 Å². The van der Waals surface area contributed by atoms with E-state index in [4.69, 9.17) is 9.78 Å². The molecule has 10 heteroatoms. The van der Waals surface area contributed by atoms with Gasteiger partial charge in [0.15, 0.2) is 0 Å². The number of imidazole rings is 1. The summed E-state index contributed by atoms with van der Waals surface area (Å²) in [5.74, 6) is -0.376. The first-order valence-electron chi connectivity index (χ1n) is 8.49. The highest BCUT2D eigenvalue weighted by molar-refractivity contribution is 14.1. The molecule has 0 unspecified atom stereocenters. The lowest BCUT2D eigenvalue weighted by atomic mass is 10.2. The van der Waals surface area contributed by atoms with Gasteiger partial charge in [0.05, 0.1) is 29.5 Å². The van der Waals surface area contributed by atoms with Gasteiger partial charge in [0, 0.05) is 16.2 Å². The van der Waals surface area contributed by atoms with Gasteiger partial charge in [-0.15, -0.1) is 0 Å². The van der Waals surface area contributed by atoms with Gasteiger partial charge in [-0.3, -0.25) is 9.36 Å². The Bertz CT molecular complexity index is 1220. The van der Waals surface area contributed by atoms with Crippen LogP contribution in [0.2, 0.25) is 0 Å². The molecule has 2 aliphatic heterocycles. The van der Waals surface area contributed by atoms with Crippen molar-refractivity contribution in [1.29, 1.82) is 5.26 Å². The van der Waals surface area contributed by atoms with Gasteiger partial charge in [-0.25, -0.2) is 9.36 Å². The maximum atomic E-state index is 13.0. The first-order valence-corrected chi connectivity index (χ1v) is 9.57. The molecule has 2 atom stereocenters. The highest BCUT2D eigenvalue weighted by Crippen LogP contribution is 2.49. The van der Waals surface area contributed by atoms with E-state index < -0.39 is 6.04 Å². The molecule has 2 bridgehead atoms. The maximum Gasteiger partial charge on any atom is 0.336 e. The second-order valence-electron chi connectivity index (χ2n) is 6.71. The van der Waals surface area contributed by atoms with Crippen molar-refractivity contribution in [3.63, 3.8) is 0 Å². The van der Waals surface area contributed by atoms with Crippen molar-refractivity contribution in [2.24, 2.45) is 0 Å². The van der Waals surface area contributed by atoms with Crippen LogP contribution in [0.3, 0.4) is 0 Å². The van der Waals surface area contributed by atoms with Crippen molar-refractivity contribution in [2.75, 3.05) is 6.54 Å². The highest BCUT2D eigenvalue weighted by atomic mass is 127. The molecule has 0 spiro atoms. The molecule has 1 fully saturated rings. The summed E-state index contributed by atoms with van der Waals surface area (Å²) in [6.07, 6.45) is 1.97. The third kappa shape index (κ3) is 2.19. The van der Waals surface area contributed by atoms with E-state index in [1.807, 2.05) is 22.6 Å². The van der Waals surface area contributed by atoms with Gasteiger partial charge in [-0.2, -0.15) is 5.26 Å². The molecule has 1 N–H and O–H groups in total. The molecule has 0 aliphatic carbocycles. The molecule has 1 amide bonds. The molecule has 1 saturated heterocycles. The molecule has 0 radical (unpaired) electrons. The molecule has 5 rings (SSSR count). The van der Waals surface area contributed by atoms with Crippen molar-refractivity contribution in [3.05, 3.63) is 61.5 Å². The average molecular weight is 489 g/mol. The minimum Gasteiger partial charge on any atom is -0.493 e. The summed E-state index contributed by atoms with van der Waals surface area (Å²) in [6, 6.07) is 7.86. The number of nitriles is 1. The van der Waals surface area contributed by atoms with Gasteiger partial charge in [-0.1, -0.05) is 5.16 Å². The Balaban J connectivity index is 1.60. The van der Waals surface area contributed by atoms with E-state index in [2.05, 4.69) is 11.2 Å². The van der Waals surface area contributed by atoms with Crippen molar-refractivity contribution in [3.8, 4) is 17.6 Å². The summed E-state index contributed by atoms with van der Waals surface area (Å²) >= 11 is 2.02. The Kier molecular flexibility index (Phi) is 3.63. The van der Waals surface area contributed by atoms with Crippen LogP contribution in [0.5, 0.6) is 5.88 Å². The predicted octanol–water partition coefficient (Wildman–Crippen LogP) is 1.95. The molecule has 4 heterocycles. The zero-order valence-electron chi connectivity index (χ0n) is 14.2. The minimum atomic E-state index is -0.408. The molecule has 140 valence electrons. The van der Waals surface area contributed by atoms with E-state index in [9.17, 15) is 14.7 Å². The van der Waals surface area contributed by atoms with Gasteiger partial charge in [-0.05, 0) is 47.2 Å². The quantitative estimate of drug-likeness (QED) is 0.551. The lowest BCUT2D eigenvalue weighted by Gasteiger charge is -2.26. The average Bonchev–Trinajstić information content (AvgIpc) is 3.45. The van der Waals surface area contributed by atoms with E-state index in [1.165, 1.54) is 16.8 Å². The third-order valence-corrected chi connectivity index (χ3v) is 6.19. The molecular formula is C18H12IN5O4. The van der Waals surface area contributed by atoms with Crippen molar-refractivity contribution < 1.29 is 14.4 Å². The summed E-state index contributed by atoms with van der Waals surface area (Å²) in [7, 11) is 0. The second kappa shape index (κ2) is 5.96. The molecule has 1 aromatic carbocycles. The van der Waals surface area contributed by atoms with E-state index in [0.29, 0.717) is 33.5 Å². The van der Waals surface area contributed by atoms with E-state index in [1.54, 1.807) is 27.7 Å². The fourth-order valence-corrected chi connectivity index (χ4v) is 4.72. The number of hydrogen-bond acceptors (Lipinski definition) is 6. The first-order chi connectivity index (χ1) is 13.5. The number of fused-ring (bicyclic) bond motifs is 5. The van der Waals surface area contributed by atoms with E-state index in [-0.39, 0.29) is 29.3 Å². The number of benzene rings is 1. The summed E-state index contributed by atoms with van der Waals surface area (Å²) in [5.41, 5.74) is 1.04. The molecule has 0 saturated carbocycles. The number of halogens is 1. The monoisotopic (exact) mass is 489 g/mol. The third-order valence-electron chi connectivity index (χ3n) is 5.30. The van der Waals surface area contributed by atoms with Crippen molar-refractivity contribution >= 4 is 28.5 Å². The Morgan fingerprint density at radius 2 is 2.21 bits per heavy atom. The lowest BCUT2D eigenvalue weighted by molar-refractivity contribution is 0.0669. The summed E-state index contributed by atoms with van der Waals surface area (Å²) in [5, 5.41) is 23.5. The van der Waals surface area contributed by atoms with Crippen LogP contribution in [0.15, 0.2) is 39.8 Å². The van der Waals surface area contributed by atoms with Crippen LogP contribution in [0, 0.1) is 14.9 Å². The Labute approximate surface area is 171 Å². The first kappa shape index (κ1) is 17.1.